The van der Waals surface area contributed by atoms with Gasteiger partial charge in [0.2, 0.25) is 5.91 Å². The van der Waals surface area contributed by atoms with Gasteiger partial charge >= 0.3 is 0 Å². The minimum absolute atomic E-state index is 0.0984. The molecule has 0 spiro atoms. The molecular formula is C7H12N2O. The van der Waals surface area contributed by atoms with Gasteiger partial charge in [-0.05, 0) is 13.0 Å². The molecule has 0 rings (SSSR count). The van der Waals surface area contributed by atoms with Gasteiger partial charge in [-0.3, -0.25) is 9.79 Å². The number of hydrogen-bond donors (Lipinski definition) is 1. The maximum absolute atomic E-state index is 10.5. The van der Waals surface area contributed by atoms with E-state index in [0.717, 1.165) is 0 Å². The van der Waals surface area contributed by atoms with Crippen molar-refractivity contribution >= 4 is 11.7 Å². The van der Waals surface area contributed by atoms with Crippen molar-refractivity contribution in [3.05, 3.63) is 12.2 Å². The summed E-state index contributed by atoms with van der Waals surface area (Å²) in [5, 5.41) is 2.55. The molecule has 0 fully saturated rings. The van der Waals surface area contributed by atoms with Crippen molar-refractivity contribution in [3.8, 4) is 0 Å². The zero-order valence-electron chi connectivity index (χ0n) is 6.51. The van der Waals surface area contributed by atoms with Gasteiger partial charge in [-0.2, -0.15) is 0 Å². The largest absolute Gasteiger partial charge is 0.311 e. The Morgan fingerprint density at radius 1 is 1.60 bits per heavy atom. The minimum Gasteiger partial charge on any atom is -0.311 e. The zero-order chi connectivity index (χ0) is 7.98. The lowest BCUT2D eigenvalue weighted by Crippen LogP contribution is -2.26. The Bertz CT molecular complexity index is 170. The van der Waals surface area contributed by atoms with E-state index < -0.39 is 0 Å². The van der Waals surface area contributed by atoms with Crippen LogP contribution in [-0.4, -0.2) is 18.8 Å². The van der Waals surface area contributed by atoms with Gasteiger partial charge < -0.3 is 5.32 Å². The predicted molar refractivity (Wildman–Crippen MR) is 42.0 cm³/mol. The van der Waals surface area contributed by atoms with Crippen LogP contribution in [0.15, 0.2) is 17.1 Å². The highest BCUT2D eigenvalue weighted by Crippen LogP contribution is 1.76. The van der Waals surface area contributed by atoms with Crippen LogP contribution in [0.1, 0.15) is 13.8 Å². The smallest absolute Gasteiger partial charge is 0.222 e. The highest BCUT2D eigenvalue weighted by molar-refractivity contribution is 6.03. The fourth-order valence-corrected chi connectivity index (χ4v) is 0.510. The van der Waals surface area contributed by atoms with Gasteiger partial charge in [0.05, 0.1) is 0 Å². The van der Waals surface area contributed by atoms with Crippen LogP contribution in [0.2, 0.25) is 0 Å². The molecule has 0 aromatic rings. The number of amides is 1. The number of nitrogens with one attached hydrogen (secondary N) is 1. The monoisotopic (exact) mass is 140 g/mol. The molecular weight excluding hydrogens is 128 g/mol. The van der Waals surface area contributed by atoms with Crippen LogP contribution in [0.3, 0.4) is 0 Å². The molecule has 0 unspecified atom stereocenters. The number of carbonyl (C=O) groups is 1. The summed E-state index contributed by atoms with van der Waals surface area (Å²) in [5.74, 6) is 0.494. The van der Waals surface area contributed by atoms with Crippen LogP contribution in [0.5, 0.6) is 0 Å². The Morgan fingerprint density at radius 2 is 2.20 bits per heavy atom. The SMILES string of the molecule is C/C=C\C(=NC)NC(C)=O. The first-order valence-corrected chi connectivity index (χ1v) is 3.07. The maximum atomic E-state index is 10.5. The lowest BCUT2D eigenvalue weighted by molar-refractivity contribution is -0.117. The molecule has 0 aliphatic rings. The molecule has 10 heavy (non-hydrogen) atoms. The Kier molecular flexibility index (Phi) is 4.20. The summed E-state index contributed by atoms with van der Waals surface area (Å²) in [6, 6.07) is 0. The predicted octanol–water partition coefficient (Wildman–Crippen LogP) is 0.727. The fraction of sp³-hybridized carbons (Fsp3) is 0.429. The van der Waals surface area contributed by atoms with E-state index in [4.69, 9.17) is 0 Å². The summed E-state index contributed by atoms with van der Waals surface area (Å²) in [4.78, 5) is 14.3. The quantitative estimate of drug-likeness (QED) is 0.423. The lowest BCUT2D eigenvalue weighted by atomic mass is 10.4. The van der Waals surface area contributed by atoms with E-state index in [1.807, 2.05) is 13.0 Å². The van der Waals surface area contributed by atoms with E-state index in [9.17, 15) is 4.79 Å². The molecule has 0 aliphatic carbocycles. The number of nitrogens with zero attached hydrogens (tertiary/aromatic N) is 1. The molecule has 0 radical (unpaired) electrons. The summed E-state index contributed by atoms with van der Waals surface area (Å²) >= 11 is 0. The summed E-state index contributed by atoms with van der Waals surface area (Å²) in [5.41, 5.74) is 0. The number of allylic oxidation sites excluding steroid dienone is 1. The van der Waals surface area contributed by atoms with Crippen molar-refractivity contribution in [2.75, 3.05) is 7.05 Å². The first kappa shape index (κ1) is 8.88. The van der Waals surface area contributed by atoms with Crippen LogP contribution < -0.4 is 5.32 Å². The molecule has 0 saturated heterocycles. The molecule has 0 aromatic carbocycles. The third kappa shape index (κ3) is 3.83. The van der Waals surface area contributed by atoms with E-state index in [1.165, 1.54) is 6.92 Å². The molecule has 0 heterocycles. The van der Waals surface area contributed by atoms with Crippen molar-refractivity contribution in [2.45, 2.75) is 13.8 Å². The van der Waals surface area contributed by atoms with E-state index in [-0.39, 0.29) is 5.91 Å². The van der Waals surface area contributed by atoms with E-state index in [1.54, 1.807) is 13.1 Å². The Hall–Kier alpha value is -1.12. The van der Waals surface area contributed by atoms with Gasteiger partial charge in [-0.15, -0.1) is 0 Å². The van der Waals surface area contributed by atoms with E-state index >= 15 is 0 Å². The van der Waals surface area contributed by atoms with Gasteiger partial charge in [0, 0.05) is 14.0 Å². The van der Waals surface area contributed by atoms with Gasteiger partial charge in [-0.1, -0.05) is 6.08 Å². The third-order valence-corrected chi connectivity index (χ3v) is 0.870. The number of aliphatic imine (C=N–C) groups is 1. The summed E-state index contributed by atoms with van der Waals surface area (Å²) in [6.45, 7) is 3.32. The Balaban J connectivity index is 3.98. The van der Waals surface area contributed by atoms with Crippen molar-refractivity contribution in [2.24, 2.45) is 4.99 Å². The van der Waals surface area contributed by atoms with Gasteiger partial charge in [0.1, 0.15) is 5.84 Å². The second kappa shape index (κ2) is 4.73. The van der Waals surface area contributed by atoms with Crippen LogP contribution >= 0.6 is 0 Å². The fourth-order valence-electron chi connectivity index (χ4n) is 0.510. The Morgan fingerprint density at radius 3 is 2.50 bits per heavy atom. The van der Waals surface area contributed by atoms with Crippen LogP contribution in [-0.2, 0) is 4.79 Å². The molecule has 0 aliphatic heterocycles. The number of hydrogen-bond acceptors (Lipinski definition) is 2. The molecule has 3 nitrogen and oxygen atoms in total. The average molecular weight is 140 g/mol. The van der Waals surface area contributed by atoms with E-state index in [2.05, 4.69) is 10.3 Å². The third-order valence-electron chi connectivity index (χ3n) is 0.870. The Labute approximate surface area is 60.8 Å². The first-order valence-electron chi connectivity index (χ1n) is 3.07. The van der Waals surface area contributed by atoms with Crippen LogP contribution in [0.4, 0.5) is 0 Å². The van der Waals surface area contributed by atoms with E-state index in [0.29, 0.717) is 5.84 Å². The van der Waals surface area contributed by atoms with Crippen LogP contribution in [0, 0.1) is 0 Å². The second-order valence-corrected chi connectivity index (χ2v) is 1.79. The van der Waals surface area contributed by atoms with Crippen molar-refractivity contribution in [1.82, 2.24) is 5.32 Å². The highest BCUT2D eigenvalue weighted by atomic mass is 16.1. The second-order valence-electron chi connectivity index (χ2n) is 1.79. The van der Waals surface area contributed by atoms with Crippen molar-refractivity contribution in [3.63, 3.8) is 0 Å². The summed E-state index contributed by atoms with van der Waals surface area (Å²) in [6.07, 6.45) is 3.56. The highest BCUT2D eigenvalue weighted by Gasteiger charge is 1.92. The lowest BCUT2D eigenvalue weighted by Gasteiger charge is -1.97. The molecule has 0 saturated carbocycles. The molecule has 1 amide bonds. The molecule has 3 heteroatoms. The molecule has 0 atom stereocenters. The normalized spacial score (nSPS) is 12.1. The number of amidine groups is 1. The molecule has 0 aromatic heterocycles. The van der Waals surface area contributed by atoms with Gasteiger partial charge in [-0.25, -0.2) is 0 Å². The van der Waals surface area contributed by atoms with Gasteiger partial charge in [0.25, 0.3) is 0 Å². The zero-order valence-corrected chi connectivity index (χ0v) is 6.51. The first-order chi connectivity index (χ1) is 4.70. The maximum Gasteiger partial charge on any atom is 0.222 e. The molecule has 56 valence electrons. The van der Waals surface area contributed by atoms with Crippen molar-refractivity contribution < 1.29 is 4.79 Å². The number of carbonyl (C=O) groups excluding carboxylic acids is 1. The van der Waals surface area contributed by atoms with Crippen molar-refractivity contribution in [1.29, 1.82) is 0 Å². The average Bonchev–Trinajstić information content (AvgIpc) is 1.86. The minimum atomic E-state index is -0.0984. The summed E-state index contributed by atoms with van der Waals surface area (Å²) < 4.78 is 0. The van der Waals surface area contributed by atoms with Gasteiger partial charge in [0.15, 0.2) is 0 Å². The summed E-state index contributed by atoms with van der Waals surface area (Å²) in [7, 11) is 1.63. The molecule has 1 N–H and O–H groups in total. The molecule has 0 bridgehead atoms. The standard InChI is InChI=1S/C7H12N2O/c1-4-5-7(8-3)9-6(2)10/h4-5H,1-3H3,(H,8,9,10)/b5-4-. The van der Waals surface area contributed by atoms with Crippen LogP contribution in [0.25, 0.3) is 0 Å². The number of rotatable bonds is 1. The topological polar surface area (TPSA) is 41.5 Å².